The SMILES string of the molecule is c1ccc(-c2ccc(-c3nc(-c4ccccc4)nc(-c4cccc5sc6cc(N(c7ccccc7)c7cccc8ccccc78)ccc6c45)n3)cc2)cc1. The summed E-state index contributed by atoms with van der Waals surface area (Å²) in [5.74, 6) is 1.95. The Bertz CT molecular complexity index is 2920. The first-order valence-electron chi connectivity index (χ1n) is 18.0. The summed E-state index contributed by atoms with van der Waals surface area (Å²) in [5, 5.41) is 4.74. The number of fused-ring (bicyclic) bond motifs is 4. The number of hydrogen-bond acceptors (Lipinski definition) is 5. The number of hydrogen-bond donors (Lipinski definition) is 0. The van der Waals surface area contributed by atoms with Gasteiger partial charge in [0.25, 0.3) is 0 Å². The molecular weight excluding hydrogens is 677 g/mol. The number of anilines is 3. The highest BCUT2D eigenvalue weighted by Crippen LogP contribution is 2.44. The highest BCUT2D eigenvalue weighted by Gasteiger charge is 2.20. The lowest BCUT2D eigenvalue weighted by Gasteiger charge is -2.27. The van der Waals surface area contributed by atoms with Crippen LogP contribution in [0.1, 0.15) is 0 Å². The minimum absolute atomic E-state index is 0.644. The van der Waals surface area contributed by atoms with Crippen molar-refractivity contribution in [1.82, 2.24) is 15.0 Å². The normalized spacial score (nSPS) is 11.3. The van der Waals surface area contributed by atoms with E-state index in [0.29, 0.717) is 17.5 Å². The standard InChI is InChI=1S/C49H32N4S/c1-4-14-33(15-5-1)34-26-28-37(29-27-34)48-50-47(36-17-6-2-7-18-36)51-49(52-48)42-23-13-25-44-46(42)41-31-30-39(32-45(41)54-44)53(38-20-8-3-9-21-38)43-24-12-19-35-16-10-11-22-40(35)43/h1-32H. The van der Waals surface area contributed by atoms with Gasteiger partial charge in [-0.05, 0) is 52.9 Å². The van der Waals surface area contributed by atoms with Gasteiger partial charge in [0.05, 0.1) is 5.69 Å². The van der Waals surface area contributed by atoms with Crippen molar-refractivity contribution in [1.29, 1.82) is 0 Å². The monoisotopic (exact) mass is 708 g/mol. The molecule has 0 aliphatic heterocycles. The maximum absolute atomic E-state index is 5.17. The quantitative estimate of drug-likeness (QED) is 0.165. The van der Waals surface area contributed by atoms with E-state index in [-0.39, 0.29) is 0 Å². The zero-order valence-electron chi connectivity index (χ0n) is 29.2. The van der Waals surface area contributed by atoms with Gasteiger partial charge in [-0.1, -0.05) is 158 Å². The molecule has 0 fully saturated rings. The molecule has 0 aliphatic rings. The molecule has 54 heavy (non-hydrogen) atoms. The van der Waals surface area contributed by atoms with Crippen LogP contribution in [0.4, 0.5) is 17.1 Å². The number of rotatable bonds is 7. The van der Waals surface area contributed by atoms with E-state index in [9.17, 15) is 0 Å². The fourth-order valence-electron chi connectivity index (χ4n) is 7.33. The Labute approximate surface area is 317 Å². The summed E-state index contributed by atoms with van der Waals surface area (Å²) in [6.07, 6.45) is 0. The van der Waals surface area contributed by atoms with Crippen molar-refractivity contribution in [3.8, 4) is 45.3 Å². The predicted octanol–water partition coefficient (Wildman–Crippen LogP) is 13.5. The average molecular weight is 709 g/mol. The summed E-state index contributed by atoms with van der Waals surface area (Å²) >= 11 is 1.80. The Hall–Kier alpha value is -6.95. The van der Waals surface area contributed by atoms with Crippen molar-refractivity contribution in [2.45, 2.75) is 0 Å². The van der Waals surface area contributed by atoms with Gasteiger partial charge in [0.1, 0.15) is 0 Å². The van der Waals surface area contributed by atoms with Crippen LogP contribution in [0.15, 0.2) is 194 Å². The van der Waals surface area contributed by atoms with E-state index < -0.39 is 0 Å². The van der Waals surface area contributed by atoms with Gasteiger partial charge < -0.3 is 4.90 Å². The molecule has 10 rings (SSSR count). The molecule has 4 nitrogen and oxygen atoms in total. The van der Waals surface area contributed by atoms with Crippen LogP contribution in [-0.4, -0.2) is 15.0 Å². The largest absolute Gasteiger partial charge is 0.310 e. The second-order valence-corrected chi connectivity index (χ2v) is 14.3. The molecule has 0 radical (unpaired) electrons. The molecule has 254 valence electrons. The molecule has 5 heteroatoms. The molecule has 2 heterocycles. The third kappa shape index (κ3) is 5.77. The lowest BCUT2D eigenvalue weighted by Crippen LogP contribution is -2.10. The summed E-state index contributed by atoms with van der Waals surface area (Å²) in [6.45, 7) is 0. The fraction of sp³-hybridized carbons (Fsp3) is 0. The first-order valence-corrected chi connectivity index (χ1v) is 18.8. The summed E-state index contributed by atoms with van der Waals surface area (Å²) in [5.41, 5.74) is 8.56. The van der Waals surface area contributed by atoms with Gasteiger partial charge >= 0.3 is 0 Å². The van der Waals surface area contributed by atoms with Gasteiger partial charge in [0, 0.05) is 53.6 Å². The van der Waals surface area contributed by atoms with Crippen molar-refractivity contribution in [2.75, 3.05) is 4.90 Å². The van der Waals surface area contributed by atoms with Gasteiger partial charge in [-0.25, -0.2) is 15.0 Å². The smallest absolute Gasteiger partial charge is 0.164 e. The maximum atomic E-state index is 5.17. The first-order chi connectivity index (χ1) is 26.8. The lowest BCUT2D eigenvalue weighted by atomic mass is 10.0. The maximum Gasteiger partial charge on any atom is 0.164 e. The van der Waals surface area contributed by atoms with Crippen molar-refractivity contribution in [2.24, 2.45) is 0 Å². The zero-order chi connectivity index (χ0) is 35.8. The van der Waals surface area contributed by atoms with Crippen LogP contribution in [0, 0.1) is 0 Å². The Balaban J connectivity index is 1.12. The van der Waals surface area contributed by atoms with E-state index >= 15 is 0 Å². The molecular formula is C49H32N4S. The van der Waals surface area contributed by atoms with E-state index in [0.717, 1.165) is 44.7 Å². The van der Waals surface area contributed by atoms with Gasteiger partial charge in [0.15, 0.2) is 17.5 Å². The molecule has 0 saturated heterocycles. The van der Waals surface area contributed by atoms with Crippen molar-refractivity contribution in [3.63, 3.8) is 0 Å². The highest BCUT2D eigenvalue weighted by atomic mass is 32.1. The summed E-state index contributed by atoms with van der Waals surface area (Å²) in [6, 6.07) is 68.1. The van der Waals surface area contributed by atoms with Crippen LogP contribution in [0.2, 0.25) is 0 Å². The van der Waals surface area contributed by atoms with Crippen LogP contribution in [-0.2, 0) is 0 Å². The number of thiophene rings is 1. The van der Waals surface area contributed by atoms with Crippen LogP contribution in [0.25, 0.3) is 76.2 Å². The van der Waals surface area contributed by atoms with Crippen LogP contribution in [0.3, 0.4) is 0 Å². The van der Waals surface area contributed by atoms with E-state index in [1.54, 1.807) is 11.3 Å². The number of aromatic nitrogens is 3. The minimum atomic E-state index is 0.644. The van der Waals surface area contributed by atoms with E-state index in [4.69, 9.17) is 15.0 Å². The van der Waals surface area contributed by atoms with Crippen molar-refractivity contribution < 1.29 is 0 Å². The number of para-hydroxylation sites is 1. The van der Waals surface area contributed by atoms with Gasteiger partial charge in [-0.2, -0.15) is 0 Å². The molecule has 10 aromatic rings. The van der Waals surface area contributed by atoms with Gasteiger partial charge in [-0.3, -0.25) is 0 Å². The zero-order valence-corrected chi connectivity index (χ0v) is 30.0. The summed E-state index contributed by atoms with van der Waals surface area (Å²) in [7, 11) is 0. The van der Waals surface area contributed by atoms with E-state index in [2.05, 4.69) is 175 Å². The third-order valence-corrected chi connectivity index (χ3v) is 11.0. The lowest BCUT2D eigenvalue weighted by molar-refractivity contribution is 1.08. The van der Waals surface area contributed by atoms with Crippen molar-refractivity contribution >= 4 is 59.3 Å². The summed E-state index contributed by atoms with van der Waals surface area (Å²) in [4.78, 5) is 17.7. The molecule has 0 N–H and O–H groups in total. The van der Waals surface area contributed by atoms with Gasteiger partial charge in [-0.15, -0.1) is 11.3 Å². The van der Waals surface area contributed by atoms with E-state index in [1.165, 1.54) is 31.1 Å². The molecule has 0 atom stereocenters. The predicted molar refractivity (Wildman–Crippen MR) is 227 cm³/mol. The third-order valence-electron chi connectivity index (χ3n) is 9.92. The molecule has 0 saturated carbocycles. The molecule has 0 bridgehead atoms. The molecule has 0 aliphatic carbocycles. The Morgan fingerprint density at radius 3 is 1.70 bits per heavy atom. The Morgan fingerprint density at radius 1 is 0.370 bits per heavy atom. The summed E-state index contributed by atoms with van der Waals surface area (Å²) < 4.78 is 2.39. The topological polar surface area (TPSA) is 41.9 Å². The minimum Gasteiger partial charge on any atom is -0.310 e. The molecule has 8 aromatic carbocycles. The molecule has 0 unspecified atom stereocenters. The number of nitrogens with zero attached hydrogens (tertiary/aromatic N) is 4. The Kier molecular flexibility index (Phi) is 7.97. The molecule has 0 amide bonds. The molecule has 2 aromatic heterocycles. The Morgan fingerprint density at radius 2 is 0.944 bits per heavy atom. The van der Waals surface area contributed by atoms with Crippen molar-refractivity contribution in [3.05, 3.63) is 194 Å². The van der Waals surface area contributed by atoms with Crippen LogP contribution < -0.4 is 4.90 Å². The second-order valence-electron chi connectivity index (χ2n) is 13.2. The molecule has 0 spiro atoms. The van der Waals surface area contributed by atoms with Crippen LogP contribution >= 0.6 is 11.3 Å². The average Bonchev–Trinajstić information content (AvgIpc) is 3.63. The fourth-order valence-corrected chi connectivity index (χ4v) is 8.50. The number of benzene rings is 8. The second kappa shape index (κ2) is 13.6. The first kappa shape index (κ1) is 31.8. The van der Waals surface area contributed by atoms with Crippen LogP contribution in [0.5, 0.6) is 0 Å². The highest BCUT2D eigenvalue weighted by molar-refractivity contribution is 7.26. The van der Waals surface area contributed by atoms with Gasteiger partial charge in [0.2, 0.25) is 0 Å². The van der Waals surface area contributed by atoms with E-state index in [1.807, 2.05) is 24.3 Å².